The summed E-state index contributed by atoms with van der Waals surface area (Å²) in [4.78, 5) is 21.1. The normalized spacial score (nSPS) is 11.1. The zero-order valence-corrected chi connectivity index (χ0v) is 20.8. The summed E-state index contributed by atoms with van der Waals surface area (Å²) < 4.78 is 52.0. The van der Waals surface area contributed by atoms with E-state index in [9.17, 15) is 9.59 Å². The SMILES string of the molecule is COC(=O)CCOCCOCCOCCOCCOCCOCCOCCOCCOCC(=O)O. The van der Waals surface area contributed by atoms with Crippen molar-refractivity contribution in [3.05, 3.63) is 0 Å². The second-order valence-electron chi connectivity index (χ2n) is 6.67. The molecule has 0 aromatic rings. The molecule has 0 aliphatic carbocycles. The molecule has 0 atom stereocenters. The van der Waals surface area contributed by atoms with Gasteiger partial charge in [-0.25, -0.2) is 4.79 Å². The van der Waals surface area contributed by atoms with Crippen molar-refractivity contribution >= 4 is 11.9 Å². The Hall–Kier alpha value is -1.42. The van der Waals surface area contributed by atoms with Gasteiger partial charge >= 0.3 is 11.9 Å². The van der Waals surface area contributed by atoms with E-state index in [0.29, 0.717) is 106 Å². The lowest BCUT2D eigenvalue weighted by Gasteiger charge is -2.08. The maximum Gasteiger partial charge on any atom is 0.329 e. The number of carbonyl (C=O) groups excluding carboxylic acids is 1. The Bertz CT molecular complexity index is 465. The lowest BCUT2D eigenvalue weighted by atomic mass is 10.5. The van der Waals surface area contributed by atoms with Crippen molar-refractivity contribution in [2.75, 3.05) is 126 Å². The van der Waals surface area contributed by atoms with Crippen molar-refractivity contribution in [1.29, 1.82) is 0 Å². The van der Waals surface area contributed by atoms with Crippen molar-refractivity contribution in [3.63, 3.8) is 0 Å². The van der Waals surface area contributed by atoms with Gasteiger partial charge in [0.1, 0.15) is 6.61 Å². The van der Waals surface area contributed by atoms with E-state index in [2.05, 4.69) is 4.74 Å². The molecule has 0 heterocycles. The fourth-order valence-corrected chi connectivity index (χ4v) is 2.18. The van der Waals surface area contributed by atoms with E-state index in [1.807, 2.05) is 0 Å². The largest absolute Gasteiger partial charge is 0.480 e. The molecular formula is C22H42O13. The Morgan fingerprint density at radius 1 is 0.457 bits per heavy atom. The van der Waals surface area contributed by atoms with Crippen LogP contribution in [0.5, 0.6) is 0 Å². The summed E-state index contributed by atoms with van der Waals surface area (Å²) in [6, 6.07) is 0. The molecule has 0 fully saturated rings. The van der Waals surface area contributed by atoms with Gasteiger partial charge in [-0.05, 0) is 0 Å². The van der Waals surface area contributed by atoms with Crippen molar-refractivity contribution in [1.82, 2.24) is 0 Å². The summed E-state index contributed by atoms with van der Waals surface area (Å²) in [5, 5.41) is 8.39. The van der Waals surface area contributed by atoms with E-state index >= 15 is 0 Å². The first-order valence-electron chi connectivity index (χ1n) is 11.6. The van der Waals surface area contributed by atoms with E-state index < -0.39 is 5.97 Å². The van der Waals surface area contributed by atoms with E-state index in [-0.39, 0.29) is 25.6 Å². The molecule has 0 aromatic heterocycles. The third kappa shape index (κ3) is 30.5. The predicted molar refractivity (Wildman–Crippen MR) is 122 cm³/mol. The van der Waals surface area contributed by atoms with Gasteiger partial charge in [0.05, 0.1) is 126 Å². The molecule has 13 heteroatoms. The molecule has 0 unspecified atom stereocenters. The maximum absolute atomic E-state index is 10.9. The molecule has 0 saturated heterocycles. The predicted octanol–water partition coefficient (Wildman–Crippen LogP) is -0.216. The molecule has 0 aromatic carbocycles. The van der Waals surface area contributed by atoms with Crippen LogP contribution in [0.15, 0.2) is 0 Å². The van der Waals surface area contributed by atoms with Crippen molar-refractivity contribution in [2.24, 2.45) is 0 Å². The minimum atomic E-state index is -0.998. The molecule has 0 bridgehead atoms. The van der Waals surface area contributed by atoms with Crippen LogP contribution in [0.1, 0.15) is 6.42 Å². The van der Waals surface area contributed by atoms with Crippen LogP contribution in [0.25, 0.3) is 0 Å². The first kappa shape index (κ1) is 33.6. The molecule has 208 valence electrons. The molecule has 0 saturated carbocycles. The van der Waals surface area contributed by atoms with Gasteiger partial charge in [0.15, 0.2) is 0 Å². The minimum Gasteiger partial charge on any atom is -0.480 e. The number of carbonyl (C=O) groups is 2. The highest BCUT2D eigenvalue weighted by atomic mass is 16.6. The van der Waals surface area contributed by atoms with E-state index in [1.165, 1.54) is 7.11 Å². The highest BCUT2D eigenvalue weighted by molar-refractivity contribution is 5.69. The number of rotatable bonds is 29. The Kier molecular flexibility index (Phi) is 27.6. The van der Waals surface area contributed by atoms with Crippen LogP contribution >= 0.6 is 0 Å². The van der Waals surface area contributed by atoms with Crippen LogP contribution in [-0.2, 0) is 57.0 Å². The Balaban J connectivity index is 3.04. The molecular weight excluding hydrogens is 472 g/mol. The number of hydrogen-bond donors (Lipinski definition) is 1. The summed E-state index contributed by atoms with van der Waals surface area (Å²) >= 11 is 0. The molecule has 0 radical (unpaired) electrons. The van der Waals surface area contributed by atoms with E-state index in [0.717, 1.165) is 0 Å². The van der Waals surface area contributed by atoms with Gasteiger partial charge in [-0.1, -0.05) is 0 Å². The Morgan fingerprint density at radius 3 is 0.971 bits per heavy atom. The number of aliphatic carboxylic acids is 1. The van der Waals surface area contributed by atoms with Crippen molar-refractivity contribution < 1.29 is 62.1 Å². The second kappa shape index (κ2) is 28.8. The average molecular weight is 515 g/mol. The fourth-order valence-electron chi connectivity index (χ4n) is 2.18. The van der Waals surface area contributed by atoms with Crippen LogP contribution in [-0.4, -0.2) is 143 Å². The van der Waals surface area contributed by atoms with Gasteiger partial charge in [0, 0.05) is 0 Å². The van der Waals surface area contributed by atoms with Crippen molar-refractivity contribution in [3.8, 4) is 0 Å². The third-order valence-electron chi connectivity index (χ3n) is 3.88. The maximum atomic E-state index is 10.9. The second-order valence-corrected chi connectivity index (χ2v) is 6.67. The topological polar surface area (TPSA) is 147 Å². The zero-order valence-electron chi connectivity index (χ0n) is 20.8. The Labute approximate surface area is 207 Å². The lowest BCUT2D eigenvalue weighted by Crippen LogP contribution is -2.15. The van der Waals surface area contributed by atoms with E-state index in [1.54, 1.807) is 0 Å². The summed E-state index contributed by atoms with van der Waals surface area (Å²) in [5.74, 6) is -1.29. The number of carboxylic acid groups (broad SMARTS) is 1. The van der Waals surface area contributed by atoms with Crippen molar-refractivity contribution in [2.45, 2.75) is 6.42 Å². The number of methoxy groups -OCH3 is 1. The van der Waals surface area contributed by atoms with Gasteiger partial charge in [-0.2, -0.15) is 0 Å². The summed E-state index contributed by atoms with van der Waals surface area (Å²) in [5.41, 5.74) is 0. The first-order chi connectivity index (χ1) is 17.2. The lowest BCUT2D eigenvalue weighted by molar-refractivity contribution is -0.143. The number of hydrogen-bond acceptors (Lipinski definition) is 12. The van der Waals surface area contributed by atoms with Crippen LogP contribution in [0.3, 0.4) is 0 Å². The smallest absolute Gasteiger partial charge is 0.329 e. The molecule has 1 N–H and O–H groups in total. The highest BCUT2D eigenvalue weighted by Gasteiger charge is 1.99. The summed E-state index contributed by atoms with van der Waals surface area (Å²) in [6.07, 6.45) is 0.240. The summed E-state index contributed by atoms with van der Waals surface area (Å²) in [7, 11) is 1.35. The number of ether oxygens (including phenoxy) is 10. The van der Waals surface area contributed by atoms with Crippen LogP contribution in [0, 0.1) is 0 Å². The standard InChI is InChI=1S/C22H42O13/c1-26-22(25)2-3-27-4-5-28-6-7-29-8-9-30-10-11-31-12-13-32-14-15-33-16-17-34-18-19-35-20-21(23)24/h2-20H2,1H3,(H,23,24). The third-order valence-corrected chi connectivity index (χ3v) is 3.88. The molecule has 13 nitrogen and oxygen atoms in total. The molecule has 0 amide bonds. The monoisotopic (exact) mass is 514 g/mol. The highest BCUT2D eigenvalue weighted by Crippen LogP contribution is 1.88. The molecule has 35 heavy (non-hydrogen) atoms. The van der Waals surface area contributed by atoms with Gasteiger partial charge in [-0.3, -0.25) is 4.79 Å². The first-order valence-corrected chi connectivity index (χ1v) is 11.6. The molecule has 0 aliphatic heterocycles. The van der Waals surface area contributed by atoms with Gasteiger partial charge in [0.25, 0.3) is 0 Å². The quantitative estimate of drug-likeness (QED) is 0.104. The molecule has 0 rings (SSSR count). The molecule has 0 spiro atoms. The van der Waals surface area contributed by atoms with Crippen LogP contribution < -0.4 is 0 Å². The summed E-state index contributed by atoms with van der Waals surface area (Å²) in [6.45, 7) is 7.00. The molecule has 0 aliphatic rings. The number of carboxylic acids is 1. The van der Waals surface area contributed by atoms with Gasteiger partial charge < -0.3 is 52.5 Å². The minimum absolute atomic E-state index is 0.240. The van der Waals surface area contributed by atoms with Crippen LogP contribution in [0.4, 0.5) is 0 Å². The van der Waals surface area contributed by atoms with E-state index in [4.69, 9.17) is 47.7 Å². The number of esters is 1. The Morgan fingerprint density at radius 2 is 0.714 bits per heavy atom. The van der Waals surface area contributed by atoms with Gasteiger partial charge in [0.2, 0.25) is 0 Å². The van der Waals surface area contributed by atoms with Gasteiger partial charge in [-0.15, -0.1) is 0 Å². The fraction of sp³-hybridized carbons (Fsp3) is 0.909. The zero-order chi connectivity index (χ0) is 25.7. The van der Waals surface area contributed by atoms with Crippen LogP contribution in [0.2, 0.25) is 0 Å². The average Bonchev–Trinajstić information content (AvgIpc) is 2.85.